The molecule has 1 N–H and O–H groups in total. The first-order chi connectivity index (χ1) is 8.95. The van der Waals surface area contributed by atoms with Gasteiger partial charge in [-0.3, -0.25) is 0 Å². The molecule has 0 aromatic carbocycles. The van der Waals surface area contributed by atoms with Crippen molar-refractivity contribution < 1.29 is 0 Å². The molecule has 0 radical (unpaired) electrons. The van der Waals surface area contributed by atoms with Gasteiger partial charge in [-0.25, -0.2) is 0 Å². The second kappa shape index (κ2) is 8.39. The van der Waals surface area contributed by atoms with Gasteiger partial charge in [0.2, 0.25) is 0 Å². The summed E-state index contributed by atoms with van der Waals surface area (Å²) in [6, 6.07) is 0. The predicted octanol–water partition coefficient (Wildman–Crippen LogP) is 5.09. The maximum Gasteiger partial charge on any atom is 0.0302 e. The first-order valence-corrected chi connectivity index (χ1v) is 8.08. The number of fused-ring (bicyclic) bond motifs is 1. The average Bonchev–Trinajstić information content (AvgIpc) is 2.82. The molecule has 0 fully saturated rings. The Morgan fingerprint density at radius 2 is 1.33 bits per heavy atom. The van der Waals surface area contributed by atoms with Crippen LogP contribution in [0.1, 0.15) is 77.0 Å². The van der Waals surface area contributed by atoms with Crippen molar-refractivity contribution in [3.8, 4) is 0 Å². The molecule has 1 aliphatic heterocycles. The summed E-state index contributed by atoms with van der Waals surface area (Å²) < 4.78 is 0. The van der Waals surface area contributed by atoms with Crippen LogP contribution in [0.25, 0.3) is 0 Å². The lowest BCUT2D eigenvalue weighted by Gasteiger charge is -2.07. The quantitative estimate of drug-likeness (QED) is 0.628. The standard InChI is InChI=1S/C17H29N/c1-2-4-6-8-10-14-18-17-13-12-16(15-17)11-9-7-5-3-1/h13,15,18H,1-12,14H2. The Labute approximate surface area is 113 Å². The van der Waals surface area contributed by atoms with Crippen molar-refractivity contribution in [2.24, 2.45) is 0 Å². The minimum absolute atomic E-state index is 1.16. The van der Waals surface area contributed by atoms with Crippen LogP contribution in [-0.4, -0.2) is 6.54 Å². The maximum atomic E-state index is 3.58. The molecule has 0 aromatic rings. The molecule has 1 aliphatic carbocycles. The molecule has 1 heteroatoms. The molecule has 0 saturated carbocycles. The van der Waals surface area contributed by atoms with Crippen LogP contribution < -0.4 is 5.32 Å². The van der Waals surface area contributed by atoms with Gasteiger partial charge in [0.15, 0.2) is 0 Å². The fourth-order valence-corrected chi connectivity index (χ4v) is 3.00. The van der Waals surface area contributed by atoms with Gasteiger partial charge >= 0.3 is 0 Å². The summed E-state index contributed by atoms with van der Waals surface area (Å²) in [5.41, 5.74) is 3.03. The fourth-order valence-electron chi connectivity index (χ4n) is 3.00. The molecule has 2 rings (SSSR count). The highest BCUT2D eigenvalue weighted by atomic mass is 14.9. The maximum absolute atomic E-state index is 3.58. The Morgan fingerprint density at radius 1 is 0.722 bits per heavy atom. The topological polar surface area (TPSA) is 12.0 Å². The molecule has 0 unspecified atom stereocenters. The van der Waals surface area contributed by atoms with Crippen LogP contribution >= 0.6 is 0 Å². The van der Waals surface area contributed by atoms with E-state index < -0.39 is 0 Å². The van der Waals surface area contributed by atoms with Crippen LogP contribution in [0.15, 0.2) is 23.4 Å². The van der Waals surface area contributed by atoms with E-state index in [-0.39, 0.29) is 0 Å². The zero-order valence-electron chi connectivity index (χ0n) is 11.8. The largest absolute Gasteiger partial charge is 0.385 e. The van der Waals surface area contributed by atoms with Crippen molar-refractivity contribution in [2.75, 3.05) is 6.54 Å². The smallest absolute Gasteiger partial charge is 0.0302 e. The Hall–Kier alpha value is -0.720. The van der Waals surface area contributed by atoms with Gasteiger partial charge in [0.05, 0.1) is 0 Å². The third kappa shape index (κ3) is 5.29. The zero-order chi connectivity index (χ0) is 12.5. The Kier molecular flexibility index (Phi) is 6.39. The summed E-state index contributed by atoms with van der Waals surface area (Å²) in [7, 11) is 0. The van der Waals surface area contributed by atoms with Crippen LogP contribution in [0.4, 0.5) is 0 Å². The van der Waals surface area contributed by atoms with Crippen molar-refractivity contribution in [3.05, 3.63) is 23.4 Å². The third-order valence-electron chi connectivity index (χ3n) is 4.20. The van der Waals surface area contributed by atoms with Gasteiger partial charge in [-0.1, -0.05) is 63.0 Å². The predicted molar refractivity (Wildman–Crippen MR) is 79.6 cm³/mol. The molecule has 2 bridgehead atoms. The van der Waals surface area contributed by atoms with Crippen LogP contribution in [0.2, 0.25) is 0 Å². The van der Waals surface area contributed by atoms with Crippen molar-refractivity contribution >= 4 is 0 Å². The molecular weight excluding hydrogens is 218 g/mol. The number of hydrogen-bond donors (Lipinski definition) is 1. The van der Waals surface area contributed by atoms with E-state index in [2.05, 4.69) is 17.5 Å². The van der Waals surface area contributed by atoms with Crippen LogP contribution in [-0.2, 0) is 0 Å². The van der Waals surface area contributed by atoms with Crippen molar-refractivity contribution in [1.29, 1.82) is 0 Å². The minimum atomic E-state index is 1.16. The number of nitrogens with one attached hydrogen (secondary N) is 1. The third-order valence-corrected chi connectivity index (χ3v) is 4.20. The highest BCUT2D eigenvalue weighted by Gasteiger charge is 2.06. The molecule has 18 heavy (non-hydrogen) atoms. The molecule has 102 valence electrons. The molecule has 0 spiro atoms. The zero-order valence-corrected chi connectivity index (χ0v) is 11.8. The van der Waals surface area contributed by atoms with Gasteiger partial charge in [-0.05, 0) is 31.8 Å². The molecule has 1 nitrogen and oxygen atoms in total. The van der Waals surface area contributed by atoms with E-state index in [1.54, 1.807) is 5.57 Å². The molecule has 0 aromatic heterocycles. The Bertz CT molecular complexity index is 288. The SMILES string of the molecule is C1=C2CC=C1NCCCCCCCCCCCC2. The molecule has 2 aliphatic rings. The molecule has 0 saturated heterocycles. The summed E-state index contributed by atoms with van der Waals surface area (Å²) in [5, 5.41) is 3.58. The van der Waals surface area contributed by atoms with E-state index in [0.717, 1.165) is 6.54 Å². The van der Waals surface area contributed by atoms with Crippen LogP contribution in [0, 0.1) is 0 Å². The highest BCUT2D eigenvalue weighted by molar-refractivity contribution is 5.31. The van der Waals surface area contributed by atoms with Gasteiger partial charge in [0.1, 0.15) is 0 Å². The molecule has 0 atom stereocenters. The van der Waals surface area contributed by atoms with Crippen molar-refractivity contribution in [1.82, 2.24) is 5.32 Å². The number of allylic oxidation sites excluding steroid dienone is 3. The van der Waals surface area contributed by atoms with E-state index in [0.29, 0.717) is 0 Å². The van der Waals surface area contributed by atoms with Crippen LogP contribution in [0.5, 0.6) is 0 Å². The van der Waals surface area contributed by atoms with Crippen molar-refractivity contribution in [2.45, 2.75) is 77.0 Å². The lowest BCUT2D eigenvalue weighted by Crippen LogP contribution is -2.12. The summed E-state index contributed by atoms with van der Waals surface area (Å²) in [6.07, 6.45) is 21.6. The van der Waals surface area contributed by atoms with E-state index in [1.165, 1.54) is 82.7 Å². The summed E-state index contributed by atoms with van der Waals surface area (Å²) in [5.74, 6) is 0. The normalized spacial score (nSPS) is 24.0. The van der Waals surface area contributed by atoms with Gasteiger partial charge in [0.25, 0.3) is 0 Å². The van der Waals surface area contributed by atoms with Gasteiger partial charge in [-0.15, -0.1) is 0 Å². The average molecular weight is 247 g/mol. The summed E-state index contributed by atoms with van der Waals surface area (Å²) >= 11 is 0. The second-order valence-corrected chi connectivity index (χ2v) is 5.88. The van der Waals surface area contributed by atoms with Gasteiger partial charge < -0.3 is 5.32 Å². The minimum Gasteiger partial charge on any atom is -0.385 e. The summed E-state index contributed by atoms with van der Waals surface area (Å²) in [6.45, 7) is 1.16. The fraction of sp³-hybridized carbons (Fsp3) is 0.765. The second-order valence-electron chi connectivity index (χ2n) is 5.88. The first-order valence-electron chi connectivity index (χ1n) is 8.08. The van der Waals surface area contributed by atoms with E-state index in [1.807, 2.05) is 0 Å². The van der Waals surface area contributed by atoms with Crippen molar-refractivity contribution in [3.63, 3.8) is 0 Å². The van der Waals surface area contributed by atoms with Gasteiger partial charge in [0, 0.05) is 12.2 Å². The van der Waals surface area contributed by atoms with E-state index in [4.69, 9.17) is 0 Å². The molecule has 1 heterocycles. The Morgan fingerprint density at radius 3 is 2.06 bits per heavy atom. The monoisotopic (exact) mass is 247 g/mol. The van der Waals surface area contributed by atoms with E-state index >= 15 is 0 Å². The number of rotatable bonds is 0. The lowest BCUT2D eigenvalue weighted by molar-refractivity contribution is 0.547. The number of hydrogen-bond acceptors (Lipinski definition) is 1. The lowest BCUT2D eigenvalue weighted by atomic mass is 10.0. The highest BCUT2D eigenvalue weighted by Crippen LogP contribution is 2.22. The first kappa shape index (κ1) is 13.7. The Balaban J connectivity index is 1.73. The summed E-state index contributed by atoms with van der Waals surface area (Å²) in [4.78, 5) is 0. The van der Waals surface area contributed by atoms with E-state index in [9.17, 15) is 0 Å². The molecule has 0 amide bonds. The van der Waals surface area contributed by atoms with Crippen LogP contribution in [0.3, 0.4) is 0 Å². The molecular formula is C17H29N. The van der Waals surface area contributed by atoms with Gasteiger partial charge in [-0.2, -0.15) is 0 Å².